The lowest BCUT2D eigenvalue weighted by molar-refractivity contribution is 0.862. The smallest absolute Gasteiger partial charge is 0.0497 e. The van der Waals surface area contributed by atoms with E-state index in [2.05, 4.69) is 157 Å². The van der Waals surface area contributed by atoms with Gasteiger partial charge in [-0.05, 0) is 105 Å². The highest BCUT2D eigenvalue weighted by Crippen LogP contribution is 2.33. The van der Waals surface area contributed by atoms with Crippen molar-refractivity contribution in [1.82, 2.24) is 0 Å². The summed E-state index contributed by atoms with van der Waals surface area (Å²) < 4.78 is 0. The Kier molecular flexibility index (Phi) is 13.3. The Bertz CT molecular complexity index is 1350. The van der Waals surface area contributed by atoms with Crippen molar-refractivity contribution < 1.29 is 0 Å². The molecule has 206 valence electrons. The lowest BCUT2D eigenvalue weighted by Crippen LogP contribution is -2.26. The second-order valence-corrected chi connectivity index (χ2v) is 9.69. The number of rotatable bonds is 10. The molecule has 0 saturated carbocycles. The average molecular weight is 520 g/mol. The summed E-state index contributed by atoms with van der Waals surface area (Å²) in [5.74, 6) is 0. The van der Waals surface area contributed by atoms with Gasteiger partial charge in [0.2, 0.25) is 0 Å². The predicted molar refractivity (Wildman–Crippen MR) is 179 cm³/mol. The molecule has 3 rings (SSSR count). The highest BCUT2D eigenvalue weighted by molar-refractivity contribution is 5.88. The van der Waals surface area contributed by atoms with Crippen LogP contribution in [0.25, 0.3) is 22.9 Å². The number of hydrogen-bond acceptors (Lipinski definition) is 1. The summed E-state index contributed by atoms with van der Waals surface area (Å²) in [5.41, 5.74) is 8.85. The Morgan fingerprint density at radius 1 is 0.795 bits per heavy atom. The van der Waals surface area contributed by atoms with Crippen molar-refractivity contribution in [3.05, 3.63) is 119 Å². The standard InChI is InChI=1S/C36H43N.C2H6/c1-8-12-15-28(6)30(11-4)19-17-29(7)37(35-22-20-31(13-9-2)32(25-35)14-10-3)36-23-21-33-24-27(5)16-18-34(33)26-36;1-2/h9-10,12-26,29H,8,11H2,1-7H3;1-2H3/b13-9+,14-10-,15-12-,19-17-,30-28+;. The summed E-state index contributed by atoms with van der Waals surface area (Å²) in [6.07, 6.45) is 19.8. The molecule has 0 aliphatic heterocycles. The molecule has 3 aromatic rings. The molecule has 0 bridgehead atoms. The molecule has 0 saturated heterocycles. The van der Waals surface area contributed by atoms with E-state index >= 15 is 0 Å². The fourth-order valence-corrected chi connectivity index (χ4v) is 4.76. The van der Waals surface area contributed by atoms with Crippen molar-refractivity contribution in [2.24, 2.45) is 0 Å². The first kappa shape index (κ1) is 31.6. The zero-order valence-corrected chi connectivity index (χ0v) is 25.8. The van der Waals surface area contributed by atoms with Crippen molar-refractivity contribution in [3.8, 4) is 0 Å². The van der Waals surface area contributed by atoms with Gasteiger partial charge >= 0.3 is 0 Å². The van der Waals surface area contributed by atoms with Crippen molar-refractivity contribution in [3.63, 3.8) is 0 Å². The molecule has 0 aliphatic carbocycles. The number of aryl methyl sites for hydroxylation is 1. The SMILES string of the molecule is C/C=C\c1cc(N(c2ccc3cc(C)ccc3c2)C(C)\C=C/C(CC)=C(C)/C=C\CC)ccc1/C=C/C.CC. The second kappa shape index (κ2) is 16.4. The van der Waals surface area contributed by atoms with Gasteiger partial charge in [0.05, 0.1) is 0 Å². The largest absolute Gasteiger partial charge is 0.335 e. The van der Waals surface area contributed by atoms with E-state index in [1.54, 1.807) is 0 Å². The first-order chi connectivity index (χ1) is 18.9. The Hall–Kier alpha value is -3.58. The summed E-state index contributed by atoms with van der Waals surface area (Å²) in [6.45, 7) is 19.2. The molecule has 0 heterocycles. The highest BCUT2D eigenvalue weighted by atomic mass is 15.2. The van der Waals surface area contributed by atoms with E-state index in [4.69, 9.17) is 0 Å². The maximum atomic E-state index is 2.45. The van der Waals surface area contributed by atoms with Gasteiger partial charge in [0, 0.05) is 17.4 Å². The Morgan fingerprint density at radius 2 is 1.41 bits per heavy atom. The quantitative estimate of drug-likeness (QED) is 0.241. The zero-order valence-electron chi connectivity index (χ0n) is 25.8. The molecule has 0 fully saturated rings. The summed E-state index contributed by atoms with van der Waals surface area (Å²) in [4.78, 5) is 2.45. The maximum Gasteiger partial charge on any atom is 0.0497 e. The molecule has 0 spiro atoms. The topological polar surface area (TPSA) is 3.24 Å². The third-order valence-electron chi connectivity index (χ3n) is 6.77. The van der Waals surface area contributed by atoms with Crippen molar-refractivity contribution in [1.29, 1.82) is 0 Å². The van der Waals surface area contributed by atoms with Gasteiger partial charge in [-0.2, -0.15) is 0 Å². The van der Waals surface area contributed by atoms with E-state index in [1.165, 1.54) is 50.0 Å². The molecular weight excluding hydrogens is 470 g/mol. The van der Waals surface area contributed by atoms with E-state index in [0.717, 1.165) is 12.8 Å². The van der Waals surface area contributed by atoms with E-state index < -0.39 is 0 Å². The van der Waals surface area contributed by atoms with Crippen LogP contribution in [0.15, 0.2) is 102 Å². The van der Waals surface area contributed by atoms with Crippen LogP contribution in [0.4, 0.5) is 11.4 Å². The monoisotopic (exact) mass is 519 g/mol. The van der Waals surface area contributed by atoms with E-state index in [0.29, 0.717) is 0 Å². The Morgan fingerprint density at radius 3 is 2.08 bits per heavy atom. The maximum absolute atomic E-state index is 2.45. The highest BCUT2D eigenvalue weighted by Gasteiger charge is 2.17. The van der Waals surface area contributed by atoms with Crippen LogP contribution < -0.4 is 4.90 Å². The van der Waals surface area contributed by atoms with Crippen LogP contribution in [-0.2, 0) is 0 Å². The molecular formula is C38H49N. The number of hydrogen-bond donors (Lipinski definition) is 0. The summed E-state index contributed by atoms with van der Waals surface area (Å²) >= 11 is 0. The number of fused-ring (bicyclic) bond motifs is 1. The minimum atomic E-state index is 0.165. The molecule has 0 amide bonds. The number of allylic oxidation sites excluding steroid dienone is 7. The van der Waals surface area contributed by atoms with Gasteiger partial charge in [-0.3, -0.25) is 0 Å². The molecule has 1 nitrogen and oxygen atoms in total. The van der Waals surface area contributed by atoms with Crippen LogP contribution in [0.2, 0.25) is 0 Å². The molecule has 0 N–H and O–H groups in total. The van der Waals surface area contributed by atoms with Crippen LogP contribution in [0.3, 0.4) is 0 Å². The van der Waals surface area contributed by atoms with Crippen molar-refractivity contribution in [2.45, 2.75) is 81.2 Å². The van der Waals surface area contributed by atoms with Gasteiger partial charge < -0.3 is 4.90 Å². The molecule has 3 aromatic carbocycles. The van der Waals surface area contributed by atoms with Crippen LogP contribution in [0.5, 0.6) is 0 Å². The lowest BCUT2D eigenvalue weighted by Gasteiger charge is -2.31. The number of anilines is 2. The molecule has 39 heavy (non-hydrogen) atoms. The van der Waals surface area contributed by atoms with Crippen LogP contribution in [0.1, 0.15) is 84.9 Å². The minimum absolute atomic E-state index is 0.165. The van der Waals surface area contributed by atoms with E-state index in [1.807, 2.05) is 13.8 Å². The molecule has 0 radical (unpaired) electrons. The normalized spacial score (nSPS) is 13.4. The third-order valence-corrected chi connectivity index (χ3v) is 6.77. The van der Waals surface area contributed by atoms with Gasteiger partial charge in [-0.25, -0.2) is 0 Å². The Balaban J connectivity index is 0.00000260. The Labute approximate surface area is 239 Å². The summed E-state index contributed by atoms with van der Waals surface area (Å²) in [6, 6.07) is 20.5. The fourth-order valence-electron chi connectivity index (χ4n) is 4.76. The molecule has 0 aliphatic rings. The lowest BCUT2D eigenvalue weighted by atomic mass is 10.0. The van der Waals surface area contributed by atoms with Gasteiger partial charge in [-0.1, -0.05) is 112 Å². The van der Waals surface area contributed by atoms with Gasteiger partial charge in [0.1, 0.15) is 0 Å². The predicted octanol–water partition coefficient (Wildman–Crippen LogP) is 12.0. The molecule has 0 aromatic heterocycles. The van der Waals surface area contributed by atoms with Crippen LogP contribution >= 0.6 is 0 Å². The van der Waals surface area contributed by atoms with Crippen molar-refractivity contribution in [2.75, 3.05) is 4.90 Å². The number of nitrogens with zero attached hydrogens (tertiary/aromatic N) is 1. The van der Waals surface area contributed by atoms with E-state index in [9.17, 15) is 0 Å². The first-order valence-corrected chi connectivity index (χ1v) is 14.6. The van der Waals surface area contributed by atoms with Gasteiger partial charge in [-0.15, -0.1) is 0 Å². The zero-order chi connectivity index (χ0) is 28.8. The summed E-state index contributed by atoms with van der Waals surface area (Å²) in [7, 11) is 0. The fraction of sp³-hybridized carbons (Fsp3) is 0.316. The van der Waals surface area contributed by atoms with E-state index in [-0.39, 0.29) is 6.04 Å². The second-order valence-electron chi connectivity index (χ2n) is 9.69. The van der Waals surface area contributed by atoms with Gasteiger partial charge in [0.15, 0.2) is 0 Å². The first-order valence-electron chi connectivity index (χ1n) is 14.6. The molecule has 1 unspecified atom stereocenters. The minimum Gasteiger partial charge on any atom is -0.335 e. The van der Waals surface area contributed by atoms with Crippen molar-refractivity contribution >= 4 is 34.3 Å². The summed E-state index contributed by atoms with van der Waals surface area (Å²) in [5, 5.41) is 2.54. The van der Waals surface area contributed by atoms with Crippen LogP contribution in [-0.4, -0.2) is 6.04 Å². The van der Waals surface area contributed by atoms with Crippen LogP contribution in [0, 0.1) is 6.92 Å². The average Bonchev–Trinajstić information content (AvgIpc) is 2.95. The number of benzene rings is 3. The molecule has 1 atom stereocenters. The molecule has 1 heteroatoms. The van der Waals surface area contributed by atoms with Gasteiger partial charge in [0.25, 0.3) is 0 Å². The third kappa shape index (κ3) is 8.72.